The lowest BCUT2D eigenvalue weighted by Gasteiger charge is -2.22. The van der Waals surface area contributed by atoms with Crippen molar-refractivity contribution in [3.8, 4) is 0 Å². The van der Waals surface area contributed by atoms with Crippen LogP contribution in [0.1, 0.15) is 30.9 Å². The fourth-order valence-corrected chi connectivity index (χ4v) is 2.65. The molecule has 1 unspecified atom stereocenters. The van der Waals surface area contributed by atoms with Crippen LogP contribution in [0.3, 0.4) is 0 Å². The fourth-order valence-electron chi connectivity index (χ4n) is 2.24. The Hall–Kier alpha value is -1.86. The van der Waals surface area contributed by atoms with Gasteiger partial charge < -0.3 is 20.2 Å². The molecule has 0 saturated heterocycles. The van der Waals surface area contributed by atoms with Crippen molar-refractivity contribution in [2.75, 3.05) is 13.1 Å². The molecule has 2 rings (SSSR count). The van der Waals surface area contributed by atoms with E-state index in [1.54, 1.807) is 31.2 Å². The van der Waals surface area contributed by atoms with Crippen LogP contribution in [0.2, 0.25) is 0 Å². The molecule has 1 aromatic carbocycles. The minimum atomic E-state index is -1.19. The number of benzene rings is 1. The topological polar surface area (TPSA) is 69.8 Å². The summed E-state index contributed by atoms with van der Waals surface area (Å²) >= 11 is 3.33. The normalized spacial score (nSPS) is 14.2. The van der Waals surface area contributed by atoms with Crippen molar-refractivity contribution in [3.05, 3.63) is 57.7 Å². The van der Waals surface area contributed by atoms with Gasteiger partial charge in [0.25, 0.3) is 0 Å². The lowest BCUT2D eigenvalue weighted by molar-refractivity contribution is 0.0378. The Morgan fingerprint density at radius 1 is 1.32 bits per heavy atom. The van der Waals surface area contributed by atoms with Crippen molar-refractivity contribution >= 4 is 21.9 Å². The van der Waals surface area contributed by atoms with E-state index in [1.165, 1.54) is 6.07 Å². The third-order valence-corrected chi connectivity index (χ3v) is 4.12. The summed E-state index contributed by atoms with van der Waals surface area (Å²) in [6.07, 6.45) is 0. The highest BCUT2D eigenvalue weighted by atomic mass is 79.9. The van der Waals surface area contributed by atoms with E-state index in [1.807, 2.05) is 13.8 Å². The van der Waals surface area contributed by atoms with Crippen LogP contribution in [-0.4, -0.2) is 24.2 Å². The summed E-state index contributed by atoms with van der Waals surface area (Å²) in [4.78, 5) is 4.38. The van der Waals surface area contributed by atoms with Gasteiger partial charge in [-0.1, -0.05) is 15.9 Å². The lowest BCUT2D eigenvalue weighted by atomic mass is 10.0. The van der Waals surface area contributed by atoms with Crippen molar-refractivity contribution in [1.82, 2.24) is 10.6 Å². The maximum absolute atomic E-state index is 13.8. The van der Waals surface area contributed by atoms with Gasteiger partial charge in [-0.25, -0.2) is 9.38 Å². The molecule has 0 aliphatic heterocycles. The standard InChI is InChI=1S/C18H23BrFN3O2/c1-4-21-17(22-10-13-9-14(19)6-7-15(13)20)23-11-18(3,24)16-8-5-12(2)25-16/h5-9,24H,4,10-11H2,1-3H3,(H2,21,22,23). The number of halogens is 2. The molecule has 3 N–H and O–H groups in total. The number of guanidine groups is 1. The average molecular weight is 412 g/mol. The SMILES string of the molecule is CCNC(=NCc1cc(Br)ccc1F)NCC(C)(O)c1ccc(C)o1. The van der Waals surface area contributed by atoms with Gasteiger partial charge in [0.2, 0.25) is 0 Å². The van der Waals surface area contributed by atoms with Crippen LogP contribution < -0.4 is 10.6 Å². The van der Waals surface area contributed by atoms with E-state index in [-0.39, 0.29) is 18.9 Å². The summed E-state index contributed by atoms with van der Waals surface area (Å²) in [6, 6.07) is 8.30. The summed E-state index contributed by atoms with van der Waals surface area (Å²) in [5, 5.41) is 16.7. The molecule has 2 aromatic rings. The van der Waals surface area contributed by atoms with Crippen LogP contribution in [0.4, 0.5) is 4.39 Å². The monoisotopic (exact) mass is 411 g/mol. The van der Waals surface area contributed by atoms with Crippen molar-refractivity contribution in [3.63, 3.8) is 0 Å². The quantitative estimate of drug-likeness (QED) is 0.502. The molecule has 1 heterocycles. The fraction of sp³-hybridized carbons (Fsp3) is 0.389. The minimum Gasteiger partial charge on any atom is -0.463 e. The number of nitrogens with zero attached hydrogens (tertiary/aromatic N) is 1. The molecule has 5 nitrogen and oxygen atoms in total. The Morgan fingerprint density at radius 2 is 2.08 bits per heavy atom. The van der Waals surface area contributed by atoms with Crippen LogP contribution in [0.25, 0.3) is 0 Å². The lowest BCUT2D eigenvalue weighted by Crippen LogP contribution is -2.44. The van der Waals surface area contributed by atoms with Gasteiger partial charge in [0.1, 0.15) is 22.9 Å². The van der Waals surface area contributed by atoms with Crippen molar-refractivity contribution in [2.24, 2.45) is 4.99 Å². The first-order chi connectivity index (χ1) is 11.8. The van der Waals surface area contributed by atoms with Crippen molar-refractivity contribution in [2.45, 2.75) is 32.9 Å². The predicted molar refractivity (Wildman–Crippen MR) is 99.9 cm³/mol. The third-order valence-electron chi connectivity index (χ3n) is 3.63. The van der Waals surface area contributed by atoms with E-state index < -0.39 is 5.60 Å². The van der Waals surface area contributed by atoms with E-state index in [4.69, 9.17) is 4.42 Å². The Bertz CT molecular complexity index is 744. The molecule has 136 valence electrons. The van der Waals surface area contributed by atoms with E-state index >= 15 is 0 Å². The smallest absolute Gasteiger partial charge is 0.191 e. The number of aryl methyl sites for hydroxylation is 1. The Morgan fingerprint density at radius 3 is 2.72 bits per heavy atom. The molecule has 7 heteroatoms. The van der Waals surface area contributed by atoms with Gasteiger partial charge in [-0.2, -0.15) is 0 Å². The first kappa shape index (κ1) is 19.5. The van der Waals surface area contributed by atoms with Gasteiger partial charge in [0, 0.05) is 16.6 Å². The molecular formula is C18H23BrFN3O2. The van der Waals surface area contributed by atoms with E-state index in [0.29, 0.717) is 23.8 Å². The number of rotatable bonds is 6. The predicted octanol–water partition coefficient (Wildman–Crippen LogP) is 3.45. The Balaban J connectivity index is 2.06. The highest BCUT2D eigenvalue weighted by molar-refractivity contribution is 9.10. The first-order valence-electron chi connectivity index (χ1n) is 8.07. The third kappa shape index (κ3) is 5.57. The van der Waals surface area contributed by atoms with E-state index in [0.717, 1.165) is 10.2 Å². The summed E-state index contributed by atoms with van der Waals surface area (Å²) < 4.78 is 20.1. The van der Waals surface area contributed by atoms with Crippen LogP contribution >= 0.6 is 15.9 Å². The second kappa shape index (κ2) is 8.49. The number of hydrogen-bond donors (Lipinski definition) is 3. The summed E-state index contributed by atoms with van der Waals surface area (Å²) in [5.41, 5.74) is -0.703. The zero-order chi connectivity index (χ0) is 18.4. The molecule has 1 aromatic heterocycles. The number of aliphatic hydroxyl groups is 1. The molecule has 1 atom stereocenters. The number of hydrogen-bond acceptors (Lipinski definition) is 3. The second-order valence-corrected chi connectivity index (χ2v) is 6.88. The number of nitrogens with one attached hydrogen (secondary N) is 2. The largest absolute Gasteiger partial charge is 0.463 e. The van der Waals surface area contributed by atoms with Gasteiger partial charge in [-0.15, -0.1) is 0 Å². The number of furan rings is 1. The van der Waals surface area contributed by atoms with Crippen molar-refractivity contribution in [1.29, 1.82) is 0 Å². The maximum atomic E-state index is 13.8. The molecule has 0 fully saturated rings. The molecule has 0 saturated carbocycles. The second-order valence-electron chi connectivity index (χ2n) is 5.97. The summed E-state index contributed by atoms with van der Waals surface area (Å²) in [7, 11) is 0. The van der Waals surface area contributed by atoms with Crippen molar-refractivity contribution < 1.29 is 13.9 Å². The molecule has 0 spiro atoms. The molecule has 0 aliphatic rings. The highest BCUT2D eigenvalue weighted by Crippen LogP contribution is 2.22. The van der Waals surface area contributed by atoms with Crippen LogP contribution in [0.5, 0.6) is 0 Å². The van der Waals surface area contributed by atoms with Gasteiger partial charge >= 0.3 is 0 Å². The Labute approximate surface area is 155 Å². The van der Waals surface area contributed by atoms with E-state index in [2.05, 4.69) is 31.6 Å². The molecule has 0 radical (unpaired) electrons. The van der Waals surface area contributed by atoms with Crippen LogP contribution in [0.15, 0.2) is 44.2 Å². The van der Waals surface area contributed by atoms with E-state index in [9.17, 15) is 9.50 Å². The Kier molecular flexibility index (Phi) is 6.61. The molecular weight excluding hydrogens is 389 g/mol. The molecule has 0 aliphatic carbocycles. The van der Waals surface area contributed by atoms with Gasteiger partial charge in [-0.05, 0) is 51.1 Å². The van der Waals surface area contributed by atoms with Gasteiger partial charge in [0.05, 0.1) is 13.1 Å². The van der Waals surface area contributed by atoms with Gasteiger partial charge in [-0.3, -0.25) is 0 Å². The zero-order valence-corrected chi connectivity index (χ0v) is 16.2. The molecule has 0 amide bonds. The zero-order valence-electron chi connectivity index (χ0n) is 14.6. The maximum Gasteiger partial charge on any atom is 0.191 e. The minimum absolute atomic E-state index is 0.183. The molecule has 0 bridgehead atoms. The summed E-state index contributed by atoms with van der Waals surface area (Å²) in [5.74, 6) is 1.40. The van der Waals surface area contributed by atoms with Crippen LogP contribution in [0, 0.1) is 12.7 Å². The highest BCUT2D eigenvalue weighted by Gasteiger charge is 2.27. The number of aliphatic imine (C=N–C) groups is 1. The summed E-state index contributed by atoms with van der Waals surface area (Å²) in [6.45, 7) is 6.45. The van der Waals surface area contributed by atoms with Gasteiger partial charge in [0.15, 0.2) is 5.96 Å². The first-order valence-corrected chi connectivity index (χ1v) is 8.86. The average Bonchev–Trinajstić information content (AvgIpc) is 3.00. The molecule has 25 heavy (non-hydrogen) atoms. The van der Waals surface area contributed by atoms with Crippen LogP contribution in [-0.2, 0) is 12.1 Å².